The van der Waals surface area contributed by atoms with Gasteiger partial charge in [0.1, 0.15) is 16.8 Å². The van der Waals surface area contributed by atoms with E-state index >= 15 is 0 Å². The highest BCUT2D eigenvalue weighted by Crippen LogP contribution is 2.22. The second kappa shape index (κ2) is 5.48. The van der Waals surface area contributed by atoms with Gasteiger partial charge in [-0.1, -0.05) is 12.1 Å². The number of nitrogens with zero attached hydrogens (tertiary/aromatic N) is 2. The van der Waals surface area contributed by atoms with E-state index < -0.39 is 0 Å². The first-order valence-electron chi connectivity index (χ1n) is 5.41. The summed E-state index contributed by atoms with van der Waals surface area (Å²) in [5.74, 6) is 0.774. The molecule has 0 radical (unpaired) electrons. The largest absolute Gasteiger partial charge is 0.497 e. The molecule has 0 spiro atoms. The molecule has 2 aromatic rings. The van der Waals surface area contributed by atoms with Gasteiger partial charge in [-0.15, -0.1) is 11.3 Å². The molecule has 0 unspecified atom stereocenters. The van der Waals surface area contributed by atoms with Crippen molar-refractivity contribution in [2.24, 2.45) is 0 Å². The summed E-state index contributed by atoms with van der Waals surface area (Å²) in [4.78, 5) is 4.32. The number of aromatic nitrogens is 1. The molecule has 0 bridgehead atoms. The molecule has 0 saturated heterocycles. The van der Waals surface area contributed by atoms with Crippen LogP contribution in [-0.4, -0.2) is 12.1 Å². The molecule has 0 fully saturated rings. The maximum atomic E-state index is 9.19. The van der Waals surface area contributed by atoms with Gasteiger partial charge in [-0.2, -0.15) is 5.26 Å². The van der Waals surface area contributed by atoms with Crippen molar-refractivity contribution < 1.29 is 4.74 Å². The highest BCUT2D eigenvalue weighted by Gasteiger charge is 2.05. The fraction of sp³-hybridized carbons (Fsp3) is 0.143. The Balaban J connectivity index is 2.38. The minimum absolute atomic E-state index is 0.571. The molecular weight excluding hydrogens is 244 g/mol. The Morgan fingerprint density at radius 2 is 2.33 bits per heavy atom. The Hall–Kier alpha value is -2.12. The van der Waals surface area contributed by atoms with Gasteiger partial charge in [0.15, 0.2) is 0 Å². The zero-order chi connectivity index (χ0) is 13.0. The van der Waals surface area contributed by atoms with Gasteiger partial charge < -0.3 is 4.74 Å². The third-order valence-electron chi connectivity index (χ3n) is 2.37. The lowest BCUT2D eigenvalue weighted by Crippen LogP contribution is -1.84. The van der Waals surface area contributed by atoms with Crippen molar-refractivity contribution >= 4 is 23.0 Å². The Kier molecular flexibility index (Phi) is 3.75. The quantitative estimate of drug-likeness (QED) is 0.789. The van der Waals surface area contributed by atoms with Crippen LogP contribution in [0.15, 0.2) is 29.6 Å². The van der Waals surface area contributed by atoms with Crippen LogP contribution in [0.25, 0.3) is 11.6 Å². The van der Waals surface area contributed by atoms with Crippen molar-refractivity contribution in [1.82, 2.24) is 4.98 Å². The summed E-state index contributed by atoms with van der Waals surface area (Å²) >= 11 is 1.48. The lowest BCUT2D eigenvalue weighted by molar-refractivity contribution is 0.414. The number of hydrogen-bond donors (Lipinski definition) is 0. The number of allylic oxidation sites excluding steroid dienone is 1. The summed E-state index contributed by atoms with van der Waals surface area (Å²) in [6.07, 6.45) is 1.82. The van der Waals surface area contributed by atoms with Crippen LogP contribution in [0.2, 0.25) is 0 Å². The third-order valence-corrected chi connectivity index (χ3v) is 3.37. The first-order valence-corrected chi connectivity index (χ1v) is 6.29. The fourth-order valence-electron chi connectivity index (χ4n) is 1.52. The predicted octanol–water partition coefficient (Wildman–Crippen LogP) is 3.52. The monoisotopic (exact) mass is 256 g/mol. The van der Waals surface area contributed by atoms with E-state index in [1.807, 2.05) is 42.6 Å². The van der Waals surface area contributed by atoms with E-state index in [4.69, 9.17) is 4.74 Å². The van der Waals surface area contributed by atoms with Gasteiger partial charge in [-0.3, -0.25) is 0 Å². The second-order valence-electron chi connectivity index (χ2n) is 3.74. The number of hydrogen-bond acceptors (Lipinski definition) is 4. The molecule has 2 rings (SSSR count). The molecular formula is C14H12N2OS. The zero-order valence-electron chi connectivity index (χ0n) is 10.2. The van der Waals surface area contributed by atoms with Gasteiger partial charge in [-0.25, -0.2) is 4.98 Å². The van der Waals surface area contributed by atoms with Crippen molar-refractivity contribution in [3.63, 3.8) is 0 Å². The predicted molar refractivity (Wildman–Crippen MR) is 73.3 cm³/mol. The molecule has 3 nitrogen and oxygen atoms in total. The maximum absolute atomic E-state index is 9.19. The number of benzene rings is 1. The van der Waals surface area contributed by atoms with Crippen molar-refractivity contribution in [1.29, 1.82) is 5.26 Å². The minimum Gasteiger partial charge on any atom is -0.497 e. The topological polar surface area (TPSA) is 45.9 Å². The molecule has 1 aromatic carbocycles. The lowest BCUT2D eigenvalue weighted by Gasteiger charge is -2.00. The van der Waals surface area contributed by atoms with Gasteiger partial charge in [0.25, 0.3) is 0 Å². The standard InChI is InChI=1S/C14H12N2OS/c1-10-9-18-14(16-10)12(8-15)6-11-4-3-5-13(7-11)17-2/h3-7,9H,1-2H3/b12-6-. The summed E-state index contributed by atoms with van der Waals surface area (Å²) in [5.41, 5.74) is 2.43. The van der Waals surface area contributed by atoms with Gasteiger partial charge in [0.05, 0.1) is 12.7 Å². The van der Waals surface area contributed by atoms with Crippen molar-refractivity contribution in [2.45, 2.75) is 6.92 Å². The highest BCUT2D eigenvalue weighted by atomic mass is 32.1. The number of ether oxygens (including phenoxy) is 1. The normalized spacial score (nSPS) is 11.1. The average Bonchev–Trinajstić information content (AvgIpc) is 2.82. The molecule has 1 heterocycles. The Labute approximate surface area is 110 Å². The first-order chi connectivity index (χ1) is 8.72. The lowest BCUT2D eigenvalue weighted by atomic mass is 10.1. The first kappa shape index (κ1) is 12.3. The van der Waals surface area contributed by atoms with Crippen LogP contribution in [-0.2, 0) is 0 Å². The number of thiazole rings is 1. The zero-order valence-corrected chi connectivity index (χ0v) is 11.0. The minimum atomic E-state index is 0.571. The molecule has 4 heteroatoms. The van der Waals surface area contributed by atoms with Crippen LogP contribution in [0, 0.1) is 18.3 Å². The van der Waals surface area contributed by atoms with Crippen LogP contribution in [0.5, 0.6) is 5.75 Å². The third kappa shape index (κ3) is 2.76. The highest BCUT2D eigenvalue weighted by molar-refractivity contribution is 7.11. The SMILES string of the molecule is COc1cccc(/C=C(/C#N)c2nc(C)cs2)c1. The second-order valence-corrected chi connectivity index (χ2v) is 4.60. The van der Waals surface area contributed by atoms with Crippen LogP contribution in [0.4, 0.5) is 0 Å². The van der Waals surface area contributed by atoms with E-state index in [9.17, 15) is 5.26 Å². The van der Waals surface area contributed by atoms with Crippen LogP contribution in [0.3, 0.4) is 0 Å². The molecule has 0 aliphatic carbocycles. The molecule has 90 valence electrons. The van der Waals surface area contributed by atoms with Crippen LogP contribution in [0.1, 0.15) is 16.3 Å². The number of methoxy groups -OCH3 is 1. The van der Waals surface area contributed by atoms with Gasteiger partial charge >= 0.3 is 0 Å². The van der Waals surface area contributed by atoms with Gasteiger partial charge in [0, 0.05) is 11.1 Å². The number of aryl methyl sites for hydroxylation is 1. The molecule has 0 aliphatic rings. The Morgan fingerprint density at radius 1 is 1.50 bits per heavy atom. The van der Waals surface area contributed by atoms with Crippen molar-refractivity contribution in [3.05, 3.63) is 45.9 Å². The fourth-order valence-corrected chi connectivity index (χ4v) is 2.28. The molecule has 0 aliphatic heterocycles. The van der Waals surface area contributed by atoms with Gasteiger partial charge in [0.2, 0.25) is 0 Å². The Morgan fingerprint density at radius 3 is 2.94 bits per heavy atom. The summed E-state index contributed by atoms with van der Waals surface area (Å²) in [5, 5.41) is 11.9. The van der Waals surface area contributed by atoms with Crippen LogP contribution < -0.4 is 4.74 Å². The van der Waals surface area contributed by atoms with E-state index in [1.54, 1.807) is 7.11 Å². The van der Waals surface area contributed by atoms with E-state index in [-0.39, 0.29) is 0 Å². The molecule has 18 heavy (non-hydrogen) atoms. The Bertz CT molecular complexity index is 623. The van der Waals surface area contributed by atoms with E-state index in [0.29, 0.717) is 5.57 Å². The molecule has 0 atom stereocenters. The van der Waals surface area contributed by atoms with E-state index in [2.05, 4.69) is 11.1 Å². The van der Waals surface area contributed by atoms with Crippen molar-refractivity contribution in [2.75, 3.05) is 7.11 Å². The molecule has 0 saturated carbocycles. The van der Waals surface area contributed by atoms with Gasteiger partial charge in [-0.05, 0) is 30.7 Å². The summed E-state index contributed by atoms with van der Waals surface area (Å²) < 4.78 is 5.15. The maximum Gasteiger partial charge on any atom is 0.134 e. The molecule has 1 aromatic heterocycles. The molecule has 0 amide bonds. The van der Waals surface area contributed by atoms with Crippen LogP contribution >= 0.6 is 11.3 Å². The number of nitriles is 1. The summed E-state index contributed by atoms with van der Waals surface area (Å²) in [6, 6.07) is 9.77. The molecule has 0 N–H and O–H groups in total. The average molecular weight is 256 g/mol. The smallest absolute Gasteiger partial charge is 0.134 e. The van der Waals surface area contributed by atoms with E-state index in [1.165, 1.54) is 11.3 Å². The van der Waals surface area contributed by atoms with E-state index in [0.717, 1.165) is 22.0 Å². The number of rotatable bonds is 3. The van der Waals surface area contributed by atoms with Crippen molar-refractivity contribution in [3.8, 4) is 11.8 Å². The summed E-state index contributed by atoms with van der Waals surface area (Å²) in [6.45, 7) is 1.92. The summed E-state index contributed by atoms with van der Waals surface area (Å²) in [7, 11) is 1.62.